The van der Waals surface area contributed by atoms with E-state index in [0.29, 0.717) is 90.5 Å². The number of benzene rings is 4. The molecule has 1 aliphatic rings. The van der Waals surface area contributed by atoms with Crippen LogP contribution in [-0.2, 0) is 12.8 Å². The van der Waals surface area contributed by atoms with Crippen LogP contribution in [0.3, 0.4) is 0 Å². The minimum Gasteiger partial charge on any atom is -0.390 e. The highest BCUT2D eigenvalue weighted by molar-refractivity contribution is 5.69. The summed E-state index contributed by atoms with van der Waals surface area (Å²) in [6, 6.07) is 47.5. The lowest BCUT2D eigenvalue weighted by molar-refractivity contribution is 0.158. The van der Waals surface area contributed by atoms with Crippen LogP contribution >= 0.6 is 0 Å². The highest BCUT2D eigenvalue weighted by Crippen LogP contribution is 2.37. The third kappa shape index (κ3) is 29.1. The summed E-state index contributed by atoms with van der Waals surface area (Å²) in [6.45, 7) is 91.4. The lowest BCUT2D eigenvalue weighted by Crippen LogP contribution is -2.36. The van der Waals surface area contributed by atoms with Crippen molar-refractivity contribution in [3.63, 3.8) is 0 Å². The summed E-state index contributed by atoms with van der Waals surface area (Å²) in [5.74, 6) is 0.628. The number of anilines is 5. The first-order valence-electron chi connectivity index (χ1n) is 48.9. The molecule has 0 aromatic heterocycles. The van der Waals surface area contributed by atoms with Gasteiger partial charge < -0.3 is 29.6 Å². The van der Waals surface area contributed by atoms with Gasteiger partial charge in [-0.2, -0.15) is 0 Å². The maximum Gasteiger partial charge on any atom is 0.102 e. The number of aliphatic hydroxyl groups excluding tert-OH is 1. The van der Waals surface area contributed by atoms with E-state index in [0.717, 1.165) is 50.3 Å². The number of hydrogen-bond acceptors (Lipinski definition) is 13. The number of aliphatic hydroxyl groups is 1. The van der Waals surface area contributed by atoms with Gasteiger partial charge in [0.15, 0.2) is 0 Å². The lowest BCUT2D eigenvalue weighted by Gasteiger charge is -2.30. The van der Waals surface area contributed by atoms with Crippen molar-refractivity contribution in [3.8, 4) is 0 Å². The van der Waals surface area contributed by atoms with Crippen molar-refractivity contribution in [2.45, 2.75) is 438 Å². The molecule has 694 valence electrons. The Kier molecular flexibility index (Phi) is 40.4. The molecular formula is C113H176N12O. The standard InChI is InChI=1S/C20H30N2.C19H28N2.C17H32N2.C16H30N2.C14H26N2.C14H15NO.C13H15N/c1-7-18(13-17-11-9-8-10-12-17)21-19-16(6)20(19)22(14(2)3)15(4)5;1-7-17(16-11-9-8-10-12-16)20-18-15(6)19(18)21(13(2)3)14(4)5;1-10-14(17(7,8)9)18-15-13(6)16(15)19(11(2)3)12(4)5;1-9-14(10(2)3)17-15-13(8)16(15)18(11(4)5)12(6)7;1-8-11(6)15-13-12(7)14(13)16(9(2)3)10(4)5;1-8-9(2)13(8)15-14-11-6-4-3-5-10(11)7-12(14)16;1-9-10(2)13(9)14-11(3)12-7-5-4-6-8-12/h8-12,14-15,18H,7,13H2,1-6H3;8-14,17H,7H2,1-6H3;11-12,14H,10H2,1-9H3;10-12,14H,9H2,1-8H3;9-11H,8H2,1-7H3;3-6,12,14,16H,7H2,1-2H3;4-8,11H,1-3H3/t18-;17-;2*14-;11-;12-,14+;11-/m1111010/s1. The molecule has 0 radical (unpaired) electrons. The third-order valence-electron chi connectivity index (χ3n) is 25.7. The Labute approximate surface area is 767 Å². The minimum absolute atomic E-state index is 0.0569. The van der Waals surface area contributed by atoms with Crippen LogP contribution in [0.1, 0.15) is 350 Å². The van der Waals surface area contributed by atoms with E-state index in [9.17, 15) is 5.11 Å². The molecule has 0 bridgehead atoms. The smallest absolute Gasteiger partial charge is 0.102 e. The molecule has 13 heteroatoms. The van der Waals surface area contributed by atoms with Crippen molar-refractivity contribution in [2.24, 2.45) is 46.3 Å². The predicted octanol–water partition coefficient (Wildman–Crippen LogP) is 24.8. The summed E-state index contributed by atoms with van der Waals surface area (Å²) in [5, 5.41) is 18.7. The molecule has 0 saturated heterocycles. The fourth-order valence-electron chi connectivity index (χ4n) is 18.0. The fraction of sp³-hybridized carbons (Fsp3) is 0.602. The van der Waals surface area contributed by atoms with Gasteiger partial charge in [-0.3, -0.25) is 34.9 Å². The van der Waals surface area contributed by atoms with Crippen molar-refractivity contribution in [1.82, 2.24) is 0 Å². The van der Waals surface area contributed by atoms with E-state index in [1.807, 2.05) is 18.2 Å². The highest BCUT2D eigenvalue weighted by atomic mass is 16.3. The first-order chi connectivity index (χ1) is 59.1. The van der Waals surface area contributed by atoms with Gasteiger partial charge in [0.05, 0.1) is 102 Å². The number of nitrogens with zero attached hydrogens (tertiary/aromatic N) is 12. The zero-order valence-corrected chi connectivity index (χ0v) is 87.2. The molecule has 0 saturated carbocycles. The van der Waals surface area contributed by atoms with Crippen LogP contribution in [0, 0.1) is 73.6 Å². The molecule has 0 unspecified atom stereocenters. The first kappa shape index (κ1) is 106. The van der Waals surface area contributed by atoms with Crippen LogP contribution in [0.25, 0.3) is 0 Å². The molecule has 8 atom stereocenters. The first-order valence-corrected chi connectivity index (χ1v) is 48.9. The predicted molar refractivity (Wildman–Crippen MR) is 547 cm³/mol. The van der Waals surface area contributed by atoms with Gasteiger partial charge in [0, 0.05) is 101 Å². The molecule has 0 spiro atoms. The second-order valence-corrected chi connectivity index (χ2v) is 40.5. The van der Waals surface area contributed by atoms with Crippen LogP contribution in [0.5, 0.6) is 0 Å². The second kappa shape index (κ2) is 47.9. The van der Waals surface area contributed by atoms with Gasteiger partial charge in [0.1, 0.15) is 6.04 Å². The molecule has 12 rings (SSSR count). The maximum atomic E-state index is 10.0. The van der Waals surface area contributed by atoms with Gasteiger partial charge in [-0.15, -0.1) is 0 Å². The molecule has 13 nitrogen and oxygen atoms in total. The fourth-order valence-corrected chi connectivity index (χ4v) is 18.0. The van der Waals surface area contributed by atoms with Crippen LogP contribution in [0.2, 0.25) is 0 Å². The molecule has 0 amide bonds. The molecule has 1 aliphatic carbocycles. The maximum absolute atomic E-state index is 10.0. The molecule has 126 heavy (non-hydrogen) atoms. The van der Waals surface area contributed by atoms with Crippen LogP contribution in [0.15, 0.2) is 150 Å². The molecule has 0 heterocycles. The van der Waals surface area contributed by atoms with Crippen molar-refractivity contribution < 1.29 is 5.11 Å². The van der Waals surface area contributed by atoms with E-state index in [2.05, 4.69) is 415 Å². The van der Waals surface area contributed by atoms with Gasteiger partial charge in [-0.05, 0) is 315 Å². The monoisotopic (exact) mass is 1720 g/mol. The summed E-state index contributed by atoms with van der Waals surface area (Å²) in [5.41, 5.74) is 25.8. The zero-order chi connectivity index (χ0) is 94.7. The van der Waals surface area contributed by atoms with E-state index in [1.54, 1.807) is 0 Å². The molecule has 11 aromatic carbocycles. The Morgan fingerprint density at radius 1 is 0.333 bits per heavy atom. The Morgan fingerprint density at radius 2 is 0.675 bits per heavy atom. The highest BCUT2D eigenvalue weighted by Gasteiger charge is 2.35. The Hall–Kier alpha value is -8.29. The summed E-state index contributed by atoms with van der Waals surface area (Å²) >= 11 is 0. The van der Waals surface area contributed by atoms with E-state index in [4.69, 9.17) is 25.0 Å². The SMILES string of the molecule is CC[C@@H](N=c1c(C)c1N(C(C)C)C(C)C)C(C)(C)C.CC[C@@H](N=c1c(C)c1N(C(C)C)C(C)C)C(C)C.CC[C@@H](N=c1c(C)c1N(C(C)C)C(C)C)c1ccccc1.CC[C@H](C)N=c1c(C)c1N(C(C)C)C(C)C.CC[C@H](Cc1ccccc1)N=c1c(C)c1N(C(C)C)C(C)C.Cc1c(C)c1=N[C@@H](C)c1ccccc1.Cc1c(C)c1=N[C@H]1c2ccccc2C[C@H]1O. The summed E-state index contributed by atoms with van der Waals surface area (Å²) in [4.78, 5) is 46.6. The average Bonchev–Trinajstić information content (AvgIpc) is 1.61. The number of fused-ring (bicyclic) bond motifs is 1. The van der Waals surface area contributed by atoms with Crippen molar-refractivity contribution in [1.29, 1.82) is 0 Å². The average molecular weight is 1720 g/mol. The van der Waals surface area contributed by atoms with Crippen molar-refractivity contribution in [2.75, 3.05) is 24.5 Å². The normalized spacial score (nSPS) is 15.9. The van der Waals surface area contributed by atoms with E-state index >= 15 is 0 Å². The van der Waals surface area contributed by atoms with Gasteiger partial charge in [-0.25, -0.2) is 0 Å². The van der Waals surface area contributed by atoms with Gasteiger partial charge in [0.2, 0.25) is 0 Å². The van der Waals surface area contributed by atoms with Crippen LogP contribution in [0.4, 0.5) is 28.4 Å². The van der Waals surface area contributed by atoms with Crippen molar-refractivity contribution >= 4 is 28.4 Å². The molecule has 0 fully saturated rings. The summed E-state index contributed by atoms with van der Waals surface area (Å²) in [6.07, 6.45) is 6.89. The summed E-state index contributed by atoms with van der Waals surface area (Å²) < 4.78 is 0. The Balaban J connectivity index is 0.000000228. The third-order valence-corrected chi connectivity index (χ3v) is 25.7. The lowest BCUT2D eigenvalue weighted by atomic mass is 9.86. The molecule has 11 aromatic rings. The van der Waals surface area contributed by atoms with Gasteiger partial charge >= 0.3 is 0 Å². The topological polar surface area (TPSA) is 123 Å². The largest absolute Gasteiger partial charge is 0.390 e. The van der Waals surface area contributed by atoms with Gasteiger partial charge in [-0.1, -0.05) is 184 Å². The van der Waals surface area contributed by atoms with E-state index < -0.39 is 0 Å². The molecular weight excluding hydrogens is 1540 g/mol. The van der Waals surface area contributed by atoms with Gasteiger partial charge in [0.25, 0.3) is 0 Å². The Morgan fingerprint density at radius 3 is 1.01 bits per heavy atom. The van der Waals surface area contributed by atoms with Crippen LogP contribution in [-0.4, -0.2) is 95.8 Å². The Bertz CT molecular complexity index is 5100. The second-order valence-electron chi connectivity index (χ2n) is 40.5. The molecule has 1 N–H and O–H groups in total. The molecule has 0 aliphatic heterocycles. The van der Waals surface area contributed by atoms with Crippen LogP contribution < -0.4 is 62.0 Å². The van der Waals surface area contributed by atoms with E-state index in [-0.39, 0.29) is 29.6 Å². The minimum atomic E-state index is -0.355. The number of rotatable bonds is 32. The quantitative estimate of drug-likeness (QED) is 0.0448. The summed E-state index contributed by atoms with van der Waals surface area (Å²) in [7, 11) is 0. The number of hydrogen-bond donors (Lipinski definition) is 1. The van der Waals surface area contributed by atoms with Crippen molar-refractivity contribution in [3.05, 3.63) is 231 Å². The zero-order valence-electron chi connectivity index (χ0n) is 87.2. The van der Waals surface area contributed by atoms with E-state index in [1.165, 1.54) is 138 Å².